The Morgan fingerprint density at radius 1 is 0.252 bits per heavy atom. The Bertz CT molecular complexity index is 2620. The van der Waals surface area contributed by atoms with Crippen LogP contribution >= 0.6 is 15.6 Å². The van der Waals surface area contributed by atoms with Gasteiger partial charge in [-0.1, -0.05) is 386 Å². The maximum absolute atomic E-state index is 13.0. The van der Waals surface area contributed by atoms with E-state index in [2.05, 4.69) is 154 Å². The van der Waals surface area contributed by atoms with E-state index >= 15 is 0 Å². The average Bonchev–Trinajstić information content (AvgIpc) is 0.901. The predicted molar refractivity (Wildman–Crippen MR) is 482 cm³/mol. The summed E-state index contributed by atoms with van der Waals surface area (Å²) in [7, 11) is -9.79. The molecule has 0 fully saturated rings. The number of phosphoric ester groups is 2. The lowest BCUT2D eigenvalue weighted by atomic mass is 10.0. The number of esters is 3. The number of allylic oxidation sites excluding steroid dienone is 22. The number of hydrogen-bond donors (Lipinski definition) is 4. The molecule has 0 rings (SSSR count). The van der Waals surface area contributed by atoms with Gasteiger partial charge in [0.05, 0.1) is 26.4 Å². The molecule has 16 nitrogen and oxygen atoms in total. The number of ether oxygens (including phenoxy) is 3. The summed E-state index contributed by atoms with van der Waals surface area (Å²) in [4.78, 5) is 58.8. The van der Waals surface area contributed by atoms with Crippen LogP contribution in [0.1, 0.15) is 406 Å². The van der Waals surface area contributed by atoms with E-state index in [4.69, 9.17) is 32.3 Å². The molecule has 0 heterocycles. The van der Waals surface area contributed by atoms with Crippen molar-refractivity contribution in [2.24, 2.45) is 0 Å². The fourth-order valence-electron chi connectivity index (χ4n) is 12.8. The highest BCUT2D eigenvalue weighted by atomic mass is 31.2. The van der Waals surface area contributed by atoms with E-state index in [9.17, 15) is 43.5 Å². The highest BCUT2D eigenvalue weighted by molar-refractivity contribution is 7.47. The fourth-order valence-corrected chi connectivity index (χ4v) is 14.4. The molecule has 0 aliphatic rings. The van der Waals surface area contributed by atoms with Gasteiger partial charge in [0, 0.05) is 19.3 Å². The van der Waals surface area contributed by atoms with Gasteiger partial charge in [0.1, 0.15) is 25.4 Å². The van der Waals surface area contributed by atoms with Gasteiger partial charge in [0.15, 0.2) is 6.10 Å². The van der Waals surface area contributed by atoms with Crippen molar-refractivity contribution in [1.82, 2.24) is 0 Å². The van der Waals surface area contributed by atoms with Crippen LogP contribution in [0, 0.1) is 0 Å². The summed E-state index contributed by atoms with van der Waals surface area (Å²) in [5, 5.41) is 20.7. The molecule has 0 saturated carbocycles. The minimum Gasteiger partial charge on any atom is -0.463 e. The first-order valence-corrected chi connectivity index (χ1v) is 49.5. The fraction of sp³-hybridized carbons (Fsp3) is 0.742. The zero-order valence-corrected chi connectivity index (χ0v) is 75.0. The average molecular weight is 1650 g/mol. The SMILES string of the molecule is CC/C=C\C/C=C\C/C=C\C/C=C\C/C=C\C/C=C\CCCCCCCCCCCCCCCCCCC(=O)OCC(O)COP(=O)(O)OCC(O)COP(=O)(O)OCC(COC(=O)CCCCCCCCCCCCCCCCCCC/C=C\C/C=C\C/C=C\C/C=C\CCCCC)OC(=O)CCCCCCC/C=C\CCCC. The second kappa shape index (κ2) is 89.0. The molecule has 0 aliphatic heterocycles. The third-order valence-corrected chi connectivity index (χ3v) is 21.7. The molecular weight excluding hydrogens is 1480 g/mol. The Labute approximate surface area is 703 Å². The Morgan fingerprint density at radius 2 is 0.470 bits per heavy atom. The summed E-state index contributed by atoms with van der Waals surface area (Å²) in [6.45, 7) is 2.54. The van der Waals surface area contributed by atoms with Crippen LogP contribution in [-0.2, 0) is 55.8 Å². The molecular formula is C97H170O16P2. The topological polar surface area (TPSA) is 231 Å². The minimum absolute atomic E-state index is 0.0954. The van der Waals surface area contributed by atoms with Gasteiger partial charge in [0.25, 0.3) is 0 Å². The number of aliphatic hydroxyl groups is 2. The van der Waals surface area contributed by atoms with Gasteiger partial charge < -0.3 is 34.2 Å². The Balaban J connectivity index is 4.31. The third kappa shape index (κ3) is 90.3. The van der Waals surface area contributed by atoms with E-state index in [0.717, 1.165) is 135 Å². The molecule has 5 unspecified atom stereocenters. The van der Waals surface area contributed by atoms with Gasteiger partial charge in [-0.25, -0.2) is 9.13 Å². The smallest absolute Gasteiger partial charge is 0.463 e. The van der Waals surface area contributed by atoms with Gasteiger partial charge in [-0.05, 0) is 135 Å². The number of phosphoric acid groups is 2. The van der Waals surface area contributed by atoms with Crippen molar-refractivity contribution in [3.63, 3.8) is 0 Å². The lowest BCUT2D eigenvalue weighted by Crippen LogP contribution is -2.30. The largest absolute Gasteiger partial charge is 0.472 e. The van der Waals surface area contributed by atoms with Gasteiger partial charge in [-0.2, -0.15) is 0 Å². The van der Waals surface area contributed by atoms with Gasteiger partial charge in [-0.3, -0.25) is 32.5 Å². The maximum atomic E-state index is 13.0. The van der Waals surface area contributed by atoms with E-state index < -0.39 is 91.5 Å². The summed E-state index contributed by atoms with van der Waals surface area (Å²) in [6.07, 6.45) is 111. The molecule has 0 amide bonds. The number of unbranched alkanes of at least 4 members (excludes halogenated alkanes) is 43. The van der Waals surface area contributed by atoms with Crippen LogP contribution in [0.25, 0.3) is 0 Å². The lowest BCUT2D eigenvalue weighted by Gasteiger charge is -2.21. The second-order valence-electron chi connectivity index (χ2n) is 31.1. The van der Waals surface area contributed by atoms with Crippen molar-refractivity contribution in [3.05, 3.63) is 134 Å². The Kier molecular flexibility index (Phi) is 85.6. The lowest BCUT2D eigenvalue weighted by molar-refractivity contribution is -0.161. The molecule has 664 valence electrons. The third-order valence-electron chi connectivity index (χ3n) is 19.8. The van der Waals surface area contributed by atoms with Crippen LogP contribution < -0.4 is 0 Å². The summed E-state index contributed by atoms with van der Waals surface area (Å²) in [5.74, 6) is -1.57. The highest BCUT2D eigenvalue weighted by Gasteiger charge is 2.29. The first-order chi connectivity index (χ1) is 56.2. The van der Waals surface area contributed by atoms with E-state index in [1.165, 1.54) is 212 Å². The van der Waals surface area contributed by atoms with E-state index in [1.807, 2.05) is 0 Å². The number of carbonyl (C=O) groups excluding carboxylic acids is 3. The van der Waals surface area contributed by atoms with Crippen molar-refractivity contribution < 1.29 is 75.8 Å². The molecule has 0 aromatic carbocycles. The van der Waals surface area contributed by atoms with Crippen molar-refractivity contribution >= 4 is 33.6 Å². The molecule has 5 atom stereocenters. The molecule has 0 radical (unpaired) electrons. The molecule has 0 aromatic rings. The summed E-state index contributed by atoms with van der Waals surface area (Å²) in [6, 6.07) is 0. The zero-order chi connectivity index (χ0) is 83.6. The number of carbonyl (C=O) groups is 3. The van der Waals surface area contributed by atoms with E-state index in [0.29, 0.717) is 19.3 Å². The maximum Gasteiger partial charge on any atom is 0.472 e. The minimum atomic E-state index is -4.93. The van der Waals surface area contributed by atoms with E-state index in [-0.39, 0.29) is 19.3 Å². The number of hydrogen-bond acceptors (Lipinski definition) is 14. The van der Waals surface area contributed by atoms with Gasteiger partial charge >= 0.3 is 33.6 Å². The second-order valence-corrected chi connectivity index (χ2v) is 34.0. The Hall–Kier alpha value is -4.31. The monoisotopic (exact) mass is 1650 g/mol. The molecule has 0 aromatic heterocycles. The molecule has 18 heteroatoms. The van der Waals surface area contributed by atoms with Crippen LogP contribution in [0.3, 0.4) is 0 Å². The molecule has 4 N–H and O–H groups in total. The highest BCUT2D eigenvalue weighted by Crippen LogP contribution is 2.45. The first kappa shape index (κ1) is 111. The van der Waals surface area contributed by atoms with Crippen molar-refractivity contribution in [2.45, 2.75) is 424 Å². The standard InChI is InChI=1S/C97H170O16P2/c1-4-7-10-13-16-19-22-24-26-28-30-32-34-36-38-40-42-44-45-47-49-50-52-54-56-58-60-62-64-66-69-71-74-77-80-83-95(100)107-86-92(98)87-109-114(103,104)110-88-93(99)89-111-115(105,106)112-91-94(113-97(102)85-82-79-76-73-68-21-18-15-12-9-6-3)90-108-96(101)84-81-78-75-72-70-67-65-63-61-59-57-55-53-51-48-46-43-41-39-37-35-33-31-29-27-25-23-20-17-14-11-8-5-2/h7,10,15-20,24-27,30-33,36-39,42,44,92-94,98-99H,4-6,8-9,11-14,21-23,28-29,34-35,40-41,43,45-91H2,1-3H3,(H,103,104)(H,105,106)/b10-7-,18-15-,19-16-,20-17-,26-24-,27-25-,32-30-,33-31-,38-36-,39-37-,44-42-. The first-order valence-electron chi connectivity index (χ1n) is 46.5. The quantitative estimate of drug-likeness (QED) is 0.0146. The van der Waals surface area contributed by atoms with Crippen molar-refractivity contribution in [1.29, 1.82) is 0 Å². The van der Waals surface area contributed by atoms with Gasteiger partial charge in [-0.15, -0.1) is 0 Å². The summed E-state index contributed by atoms with van der Waals surface area (Å²) >= 11 is 0. The molecule has 0 saturated heterocycles. The van der Waals surface area contributed by atoms with Crippen LogP contribution in [0.5, 0.6) is 0 Å². The molecule has 0 bridgehead atoms. The molecule has 0 aliphatic carbocycles. The normalized spacial score (nSPS) is 14.4. The van der Waals surface area contributed by atoms with Crippen LogP contribution in [0.4, 0.5) is 0 Å². The van der Waals surface area contributed by atoms with Gasteiger partial charge in [0.2, 0.25) is 0 Å². The zero-order valence-electron chi connectivity index (χ0n) is 73.2. The predicted octanol–water partition coefficient (Wildman–Crippen LogP) is 28.6. The number of rotatable bonds is 88. The summed E-state index contributed by atoms with van der Waals surface area (Å²) < 4.78 is 61.3. The number of aliphatic hydroxyl groups excluding tert-OH is 2. The molecule has 0 spiro atoms. The molecule has 115 heavy (non-hydrogen) atoms. The van der Waals surface area contributed by atoms with Crippen molar-refractivity contribution in [3.8, 4) is 0 Å². The van der Waals surface area contributed by atoms with Crippen LogP contribution in [0.2, 0.25) is 0 Å². The Morgan fingerprint density at radius 3 is 0.765 bits per heavy atom. The van der Waals surface area contributed by atoms with Crippen molar-refractivity contribution in [2.75, 3.05) is 39.6 Å². The van der Waals surface area contributed by atoms with Crippen LogP contribution in [0.15, 0.2) is 134 Å². The summed E-state index contributed by atoms with van der Waals surface area (Å²) in [5.41, 5.74) is 0. The van der Waals surface area contributed by atoms with Crippen LogP contribution in [-0.4, -0.2) is 95.9 Å². The van der Waals surface area contributed by atoms with E-state index in [1.54, 1.807) is 0 Å².